The number of carbonyl (C=O) groups excluding carboxylic acids is 1. The zero-order valence-electron chi connectivity index (χ0n) is 9.74. The summed E-state index contributed by atoms with van der Waals surface area (Å²) >= 11 is 0. The highest BCUT2D eigenvalue weighted by Crippen LogP contribution is 2.50. The Bertz CT molecular complexity index is 455. The van der Waals surface area contributed by atoms with E-state index in [9.17, 15) is 4.79 Å². The number of benzene rings is 1. The summed E-state index contributed by atoms with van der Waals surface area (Å²) in [4.78, 5) is 13.7. The molecular weight excluding hydrogens is 214 g/mol. The Morgan fingerprint density at radius 2 is 2.06 bits per heavy atom. The van der Waals surface area contributed by atoms with Crippen molar-refractivity contribution >= 4 is 6.09 Å². The SMILES string of the molecule is CCOC(=O)N1[C@H](c2ccccc2)[C@@H]2C=C[C@@H]21. The van der Waals surface area contributed by atoms with Crippen molar-refractivity contribution in [3.63, 3.8) is 0 Å². The first-order valence-electron chi connectivity index (χ1n) is 6.01. The quantitative estimate of drug-likeness (QED) is 0.730. The van der Waals surface area contributed by atoms with Gasteiger partial charge in [-0.05, 0) is 12.5 Å². The summed E-state index contributed by atoms with van der Waals surface area (Å²) < 4.78 is 5.10. The topological polar surface area (TPSA) is 29.5 Å². The zero-order valence-corrected chi connectivity index (χ0v) is 9.74. The highest BCUT2D eigenvalue weighted by molar-refractivity contribution is 5.72. The molecular formula is C14H15NO2. The molecule has 2 aliphatic rings. The molecule has 88 valence electrons. The first-order valence-corrected chi connectivity index (χ1v) is 6.01. The molecule has 0 bridgehead atoms. The van der Waals surface area contributed by atoms with Gasteiger partial charge in [0.2, 0.25) is 0 Å². The molecule has 3 rings (SSSR count). The van der Waals surface area contributed by atoms with Crippen molar-refractivity contribution < 1.29 is 9.53 Å². The van der Waals surface area contributed by atoms with Gasteiger partial charge in [0.1, 0.15) is 0 Å². The molecule has 1 aliphatic carbocycles. The van der Waals surface area contributed by atoms with Crippen LogP contribution < -0.4 is 0 Å². The van der Waals surface area contributed by atoms with Gasteiger partial charge in [0.05, 0.1) is 18.7 Å². The van der Waals surface area contributed by atoms with E-state index in [1.807, 2.05) is 30.0 Å². The minimum absolute atomic E-state index is 0.158. The van der Waals surface area contributed by atoms with Crippen LogP contribution in [0, 0.1) is 5.92 Å². The average molecular weight is 229 g/mol. The number of rotatable bonds is 2. The minimum atomic E-state index is -0.202. The maximum atomic E-state index is 11.9. The first-order chi connectivity index (χ1) is 8.33. The van der Waals surface area contributed by atoms with E-state index in [0.717, 1.165) is 0 Å². The van der Waals surface area contributed by atoms with Crippen molar-refractivity contribution in [2.24, 2.45) is 5.92 Å². The van der Waals surface area contributed by atoms with Crippen molar-refractivity contribution in [2.45, 2.75) is 19.0 Å². The number of fused-ring (bicyclic) bond motifs is 1. The lowest BCUT2D eigenvalue weighted by Crippen LogP contribution is -2.62. The third-order valence-corrected chi connectivity index (χ3v) is 3.53. The molecule has 3 heteroatoms. The Morgan fingerprint density at radius 1 is 1.29 bits per heavy atom. The largest absolute Gasteiger partial charge is 0.450 e. The van der Waals surface area contributed by atoms with Crippen molar-refractivity contribution in [1.29, 1.82) is 0 Å². The van der Waals surface area contributed by atoms with Gasteiger partial charge in [0.25, 0.3) is 0 Å². The van der Waals surface area contributed by atoms with Gasteiger partial charge in [-0.1, -0.05) is 42.5 Å². The second-order valence-corrected chi connectivity index (χ2v) is 4.41. The first kappa shape index (κ1) is 10.4. The number of ether oxygens (including phenoxy) is 1. The molecule has 3 nitrogen and oxygen atoms in total. The zero-order chi connectivity index (χ0) is 11.8. The van der Waals surface area contributed by atoms with Gasteiger partial charge in [-0.2, -0.15) is 0 Å². The molecule has 0 radical (unpaired) electrons. The lowest BCUT2D eigenvalue weighted by molar-refractivity contribution is -0.0217. The lowest BCUT2D eigenvalue weighted by atomic mass is 9.70. The van der Waals surface area contributed by atoms with Gasteiger partial charge in [-0.3, -0.25) is 4.90 Å². The molecule has 1 aromatic rings. The molecule has 17 heavy (non-hydrogen) atoms. The molecule has 0 unspecified atom stereocenters. The Kier molecular flexibility index (Phi) is 2.39. The molecule has 0 spiro atoms. The van der Waals surface area contributed by atoms with Crippen LogP contribution in [0.25, 0.3) is 0 Å². The summed E-state index contributed by atoms with van der Waals surface area (Å²) in [5.74, 6) is 0.474. The number of hydrogen-bond donors (Lipinski definition) is 0. The molecule has 3 atom stereocenters. The van der Waals surface area contributed by atoms with E-state index in [2.05, 4.69) is 24.3 Å². The van der Waals surface area contributed by atoms with Crippen LogP contribution in [-0.4, -0.2) is 23.6 Å². The summed E-state index contributed by atoms with van der Waals surface area (Å²) in [5.41, 5.74) is 1.19. The molecule has 0 saturated carbocycles. The summed E-state index contributed by atoms with van der Waals surface area (Å²) in [6, 6.07) is 10.6. The fourth-order valence-electron chi connectivity index (χ4n) is 2.64. The molecule has 1 heterocycles. The van der Waals surface area contributed by atoms with Gasteiger partial charge in [0, 0.05) is 5.92 Å². The molecule has 0 aromatic heterocycles. The van der Waals surface area contributed by atoms with Crippen molar-refractivity contribution in [2.75, 3.05) is 6.61 Å². The third-order valence-electron chi connectivity index (χ3n) is 3.53. The van der Waals surface area contributed by atoms with Gasteiger partial charge in [0.15, 0.2) is 0 Å². The highest BCUT2D eigenvalue weighted by Gasteiger charge is 2.53. The van der Waals surface area contributed by atoms with Crippen molar-refractivity contribution in [3.05, 3.63) is 48.0 Å². The van der Waals surface area contributed by atoms with E-state index in [1.165, 1.54) is 5.56 Å². The molecule has 1 fully saturated rings. The molecule has 1 saturated heterocycles. The van der Waals surface area contributed by atoms with Crippen molar-refractivity contribution in [3.8, 4) is 0 Å². The van der Waals surface area contributed by atoms with E-state index in [1.54, 1.807) is 0 Å². The fourth-order valence-corrected chi connectivity index (χ4v) is 2.64. The number of nitrogens with zero attached hydrogens (tertiary/aromatic N) is 1. The Labute approximate surface area is 101 Å². The normalized spacial score (nSPS) is 29.0. The van der Waals surface area contributed by atoms with Crippen LogP contribution in [0.3, 0.4) is 0 Å². The van der Waals surface area contributed by atoms with Gasteiger partial charge < -0.3 is 4.74 Å². The van der Waals surface area contributed by atoms with Crippen LogP contribution in [0.2, 0.25) is 0 Å². The summed E-state index contributed by atoms with van der Waals surface area (Å²) in [6.07, 6.45) is 4.05. The predicted molar refractivity (Wildman–Crippen MR) is 64.5 cm³/mol. The van der Waals surface area contributed by atoms with E-state index < -0.39 is 0 Å². The third kappa shape index (κ3) is 1.46. The van der Waals surface area contributed by atoms with E-state index in [0.29, 0.717) is 12.5 Å². The van der Waals surface area contributed by atoms with E-state index in [4.69, 9.17) is 4.74 Å². The second kappa shape index (κ2) is 3.91. The van der Waals surface area contributed by atoms with Crippen LogP contribution in [0.5, 0.6) is 0 Å². The minimum Gasteiger partial charge on any atom is -0.450 e. The summed E-state index contributed by atoms with van der Waals surface area (Å²) in [5, 5.41) is 0. The Balaban J connectivity index is 1.84. The van der Waals surface area contributed by atoms with Crippen LogP contribution in [0.15, 0.2) is 42.5 Å². The van der Waals surface area contributed by atoms with Crippen molar-refractivity contribution in [1.82, 2.24) is 4.90 Å². The second-order valence-electron chi connectivity index (χ2n) is 4.41. The predicted octanol–water partition coefficient (Wildman–Crippen LogP) is 2.75. The number of hydrogen-bond acceptors (Lipinski definition) is 2. The summed E-state index contributed by atoms with van der Waals surface area (Å²) in [6.45, 7) is 2.27. The highest BCUT2D eigenvalue weighted by atomic mass is 16.6. The van der Waals surface area contributed by atoms with Crippen LogP contribution in [0.4, 0.5) is 4.79 Å². The van der Waals surface area contributed by atoms with Gasteiger partial charge in [-0.25, -0.2) is 4.79 Å². The molecule has 1 aromatic carbocycles. The smallest absolute Gasteiger partial charge is 0.410 e. The standard InChI is InChI=1S/C14H15NO2/c1-2-17-14(16)15-12-9-8-11(12)13(15)10-6-4-3-5-7-10/h3-9,11-13H,2H2,1H3/t11-,12+,13-/m1/s1. The van der Waals surface area contributed by atoms with Crippen LogP contribution >= 0.6 is 0 Å². The molecule has 1 amide bonds. The van der Waals surface area contributed by atoms with E-state index >= 15 is 0 Å². The maximum absolute atomic E-state index is 11.9. The van der Waals surface area contributed by atoms with Crippen LogP contribution in [0.1, 0.15) is 18.5 Å². The lowest BCUT2D eigenvalue weighted by Gasteiger charge is -2.56. The number of amides is 1. The Morgan fingerprint density at radius 3 is 2.65 bits per heavy atom. The van der Waals surface area contributed by atoms with Gasteiger partial charge in [-0.15, -0.1) is 0 Å². The Hall–Kier alpha value is -1.77. The summed E-state index contributed by atoms with van der Waals surface area (Å²) in [7, 11) is 0. The number of likely N-dealkylation sites (tertiary alicyclic amines) is 1. The maximum Gasteiger partial charge on any atom is 0.410 e. The molecule has 1 aliphatic heterocycles. The monoisotopic (exact) mass is 229 g/mol. The van der Waals surface area contributed by atoms with Gasteiger partial charge >= 0.3 is 6.09 Å². The van der Waals surface area contributed by atoms with Crippen LogP contribution in [-0.2, 0) is 4.74 Å². The average Bonchev–Trinajstić information content (AvgIpc) is 2.33. The fraction of sp³-hybridized carbons (Fsp3) is 0.357. The molecule has 0 N–H and O–H groups in total. The number of carbonyl (C=O) groups is 1. The van der Waals surface area contributed by atoms with E-state index in [-0.39, 0.29) is 18.2 Å².